The fraction of sp³-hybridized carbons (Fsp3) is 0.667. The molecule has 2 heterocycles. The zero-order chi connectivity index (χ0) is 12.1. The molecule has 0 spiro atoms. The lowest BCUT2D eigenvalue weighted by Crippen LogP contribution is -2.41. The van der Waals surface area contributed by atoms with Crippen molar-refractivity contribution in [2.45, 2.75) is 38.9 Å². The Morgan fingerprint density at radius 1 is 1.36 bits per heavy atom. The zero-order valence-corrected chi connectivity index (χ0v) is 9.57. The van der Waals surface area contributed by atoms with Crippen LogP contribution in [0, 0.1) is 0 Å². The molecule has 2 rings (SSSR count). The topological polar surface area (TPSA) is 31.4 Å². The molecule has 1 aromatic rings. The molecule has 1 aromatic heterocycles. The van der Waals surface area contributed by atoms with Gasteiger partial charge in [-0.05, 0) is 27.7 Å². The van der Waals surface area contributed by atoms with E-state index in [9.17, 15) is 0 Å². The SMILES string of the molecule is [2H]c1nc(B2OC(C)(C)C(C)(C)O2)c([2H])s1. The Balaban J connectivity index is 2.30. The second-order valence-corrected chi connectivity index (χ2v) is 4.97. The summed E-state index contributed by atoms with van der Waals surface area (Å²) in [7, 11) is -0.632. The van der Waals surface area contributed by atoms with Crippen LogP contribution < -0.4 is 5.59 Å². The fourth-order valence-electron chi connectivity index (χ4n) is 1.23. The molecule has 14 heavy (non-hydrogen) atoms. The van der Waals surface area contributed by atoms with Crippen molar-refractivity contribution < 1.29 is 12.1 Å². The number of hydrogen-bond acceptors (Lipinski definition) is 4. The van der Waals surface area contributed by atoms with Gasteiger partial charge in [-0.2, -0.15) is 0 Å². The summed E-state index contributed by atoms with van der Waals surface area (Å²) in [6.45, 7) is 7.80. The number of hydrogen-bond donors (Lipinski definition) is 0. The van der Waals surface area contributed by atoms with Gasteiger partial charge in [0.2, 0.25) is 0 Å². The molecule has 0 N–H and O–H groups in total. The number of rotatable bonds is 1. The highest BCUT2D eigenvalue weighted by molar-refractivity contribution is 7.08. The number of aromatic nitrogens is 1. The van der Waals surface area contributed by atoms with Gasteiger partial charge in [0.05, 0.1) is 25.0 Å². The lowest BCUT2D eigenvalue weighted by atomic mass is 9.86. The largest absolute Gasteiger partial charge is 0.515 e. The highest BCUT2D eigenvalue weighted by atomic mass is 32.1. The minimum atomic E-state index is -0.632. The van der Waals surface area contributed by atoms with Gasteiger partial charge in [0, 0.05) is 5.36 Å². The summed E-state index contributed by atoms with van der Waals surface area (Å²) in [4.78, 5) is 3.97. The first-order valence-electron chi connectivity index (χ1n) is 5.52. The standard InChI is InChI=1S/C9H14BNO2S/c1-8(2)9(3,4)13-10(12-8)7-5-14-6-11-7/h5-6H,1-4H3/i5D,6D. The first kappa shape index (κ1) is 7.85. The van der Waals surface area contributed by atoms with Gasteiger partial charge in [-0.25, -0.2) is 0 Å². The molecule has 0 atom stereocenters. The third kappa shape index (κ3) is 1.49. The van der Waals surface area contributed by atoms with Crippen molar-refractivity contribution >= 4 is 24.0 Å². The van der Waals surface area contributed by atoms with Crippen LogP contribution in [-0.4, -0.2) is 23.3 Å². The van der Waals surface area contributed by atoms with Crippen molar-refractivity contribution in [3.8, 4) is 0 Å². The van der Waals surface area contributed by atoms with Gasteiger partial charge in [0.1, 0.15) is 0 Å². The Kier molecular flexibility index (Phi) is 1.71. The van der Waals surface area contributed by atoms with Crippen LogP contribution in [0.5, 0.6) is 0 Å². The van der Waals surface area contributed by atoms with E-state index >= 15 is 0 Å². The summed E-state index contributed by atoms with van der Waals surface area (Å²) in [6, 6.07) is 0. The quantitative estimate of drug-likeness (QED) is 0.661. The Hall–Kier alpha value is -0.385. The summed E-state index contributed by atoms with van der Waals surface area (Å²) < 4.78 is 26.6. The van der Waals surface area contributed by atoms with Gasteiger partial charge in [0.25, 0.3) is 0 Å². The van der Waals surface area contributed by atoms with Gasteiger partial charge < -0.3 is 9.31 Å². The first-order valence-corrected chi connectivity index (χ1v) is 5.34. The monoisotopic (exact) mass is 213 g/mol. The van der Waals surface area contributed by atoms with E-state index in [1.54, 1.807) is 0 Å². The van der Waals surface area contributed by atoms with E-state index in [1.807, 2.05) is 27.7 Å². The van der Waals surface area contributed by atoms with Crippen LogP contribution in [0.25, 0.3) is 0 Å². The van der Waals surface area contributed by atoms with Crippen molar-refractivity contribution in [3.05, 3.63) is 10.8 Å². The zero-order valence-electron chi connectivity index (χ0n) is 10.7. The molecule has 3 nitrogen and oxygen atoms in total. The molecule has 0 amide bonds. The molecule has 1 saturated heterocycles. The molecule has 1 aliphatic heterocycles. The van der Waals surface area contributed by atoms with Crippen LogP contribution in [-0.2, 0) is 9.31 Å². The maximum atomic E-state index is 7.69. The second-order valence-electron chi connectivity index (χ2n) is 4.38. The Morgan fingerprint density at radius 2 is 1.93 bits per heavy atom. The van der Waals surface area contributed by atoms with E-state index in [0.717, 1.165) is 11.3 Å². The molecule has 76 valence electrons. The highest BCUT2D eigenvalue weighted by Crippen LogP contribution is 2.36. The van der Waals surface area contributed by atoms with E-state index in [0.29, 0.717) is 5.59 Å². The maximum absolute atomic E-state index is 7.69. The molecule has 5 heteroatoms. The van der Waals surface area contributed by atoms with Crippen molar-refractivity contribution in [1.29, 1.82) is 0 Å². The third-order valence-corrected chi connectivity index (χ3v) is 3.34. The molecule has 0 saturated carbocycles. The normalized spacial score (nSPS) is 26.1. The van der Waals surface area contributed by atoms with Gasteiger partial charge in [-0.1, -0.05) is 0 Å². The van der Waals surface area contributed by atoms with Crippen LogP contribution in [0.1, 0.15) is 30.4 Å². The van der Waals surface area contributed by atoms with Crippen molar-refractivity contribution in [2.75, 3.05) is 0 Å². The fourth-order valence-corrected chi connectivity index (χ4v) is 1.66. The van der Waals surface area contributed by atoms with Crippen LogP contribution in [0.3, 0.4) is 0 Å². The van der Waals surface area contributed by atoms with E-state index < -0.39 is 18.3 Å². The summed E-state index contributed by atoms with van der Waals surface area (Å²) in [5.41, 5.74) is -0.338. The second kappa shape index (κ2) is 3.05. The molecule has 1 aliphatic rings. The predicted molar refractivity (Wildman–Crippen MR) is 57.8 cm³/mol. The van der Waals surface area contributed by atoms with Crippen molar-refractivity contribution in [1.82, 2.24) is 4.98 Å². The molecule has 0 radical (unpaired) electrons. The summed E-state index contributed by atoms with van der Waals surface area (Å²) in [6.07, 6.45) is 0. The third-order valence-electron chi connectivity index (χ3n) is 2.84. The first-order chi connectivity index (χ1) is 7.23. The predicted octanol–water partition coefficient (Wildman–Crippen LogP) is 1.44. The Morgan fingerprint density at radius 3 is 2.36 bits per heavy atom. The molecule has 0 aromatic carbocycles. The van der Waals surface area contributed by atoms with E-state index in [1.165, 1.54) is 0 Å². The Labute approximate surface area is 91.4 Å². The van der Waals surface area contributed by atoms with Crippen molar-refractivity contribution in [3.63, 3.8) is 0 Å². The van der Waals surface area contributed by atoms with Crippen molar-refractivity contribution in [2.24, 2.45) is 0 Å². The van der Waals surface area contributed by atoms with Gasteiger partial charge in [-0.3, -0.25) is 4.98 Å². The van der Waals surface area contributed by atoms with Gasteiger partial charge >= 0.3 is 7.12 Å². The van der Waals surface area contributed by atoms with Crippen LogP contribution >= 0.6 is 11.3 Å². The molecule has 0 aliphatic carbocycles. The molecular weight excluding hydrogens is 197 g/mol. The van der Waals surface area contributed by atoms with E-state index in [4.69, 9.17) is 12.1 Å². The minimum Gasteiger partial charge on any atom is -0.398 e. The minimum absolute atomic E-state index is 0.120. The molecular formula is C9H14BNO2S. The summed E-state index contributed by atoms with van der Waals surface area (Å²) in [5, 5.41) is 0.239. The summed E-state index contributed by atoms with van der Waals surface area (Å²) in [5.74, 6) is 0. The average Bonchev–Trinajstić information content (AvgIpc) is 2.51. The van der Waals surface area contributed by atoms with Gasteiger partial charge in [0.15, 0.2) is 0 Å². The van der Waals surface area contributed by atoms with Crippen LogP contribution in [0.15, 0.2) is 10.8 Å². The van der Waals surface area contributed by atoms with E-state index in [2.05, 4.69) is 4.98 Å². The summed E-state index contributed by atoms with van der Waals surface area (Å²) >= 11 is 1.02. The van der Waals surface area contributed by atoms with Crippen LogP contribution in [0.4, 0.5) is 0 Å². The number of nitrogens with zero attached hydrogens (tertiary/aromatic N) is 1. The molecule has 0 unspecified atom stereocenters. The Bertz CT molecular complexity index is 406. The maximum Gasteiger partial charge on any atom is 0.515 e. The van der Waals surface area contributed by atoms with Gasteiger partial charge in [-0.15, -0.1) is 11.3 Å². The van der Waals surface area contributed by atoms with Crippen LogP contribution in [0.2, 0.25) is 0 Å². The number of thiazole rings is 1. The van der Waals surface area contributed by atoms with E-state index in [-0.39, 0.29) is 10.8 Å². The molecule has 0 bridgehead atoms. The lowest BCUT2D eigenvalue weighted by Gasteiger charge is -2.32. The lowest BCUT2D eigenvalue weighted by molar-refractivity contribution is 0.00578. The highest BCUT2D eigenvalue weighted by Gasteiger charge is 2.52. The average molecular weight is 213 g/mol. The smallest absolute Gasteiger partial charge is 0.398 e. The molecule has 1 fully saturated rings.